The van der Waals surface area contributed by atoms with Gasteiger partial charge in [0, 0.05) is 43.6 Å². The highest BCUT2D eigenvalue weighted by Crippen LogP contribution is 2.30. The first-order valence-electron chi connectivity index (χ1n) is 9.90. The van der Waals surface area contributed by atoms with Crippen molar-refractivity contribution in [2.24, 2.45) is 0 Å². The smallest absolute Gasteiger partial charge is 0.323 e. The lowest BCUT2D eigenvalue weighted by molar-refractivity contribution is 0.220. The van der Waals surface area contributed by atoms with Gasteiger partial charge in [-0.1, -0.05) is 18.0 Å². The summed E-state index contributed by atoms with van der Waals surface area (Å²) in [6, 6.07) is 7.03. The highest BCUT2D eigenvalue weighted by atomic mass is 35.5. The Bertz CT molecular complexity index is 849. The van der Waals surface area contributed by atoms with Gasteiger partial charge in [-0.15, -0.1) is 0 Å². The number of hydrogen-bond acceptors (Lipinski definition) is 5. The van der Waals surface area contributed by atoms with E-state index in [9.17, 15) is 4.79 Å². The molecule has 1 aliphatic rings. The van der Waals surface area contributed by atoms with Gasteiger partial charge in [0.15, 0.2) is 0 Å². The Balaban J connectivity index is 1.80. The van der Waals surface area contributed by atoms with Gasteiger partial charge in [-0.05, 0) is 56.9 Å². The van der Waals surface area contributed by atoms with Crippen molar-refractivity contribution in [2.45, 2.75) is 44.7 Å². The number of aryl methyl sites for hydroxylation is 1. The first kappa shape index (κ1) is 21.2. The van der Waals surface area contributed by atoms with Gasteiger partial charge in [0.25, 0.3) is 0 Å². The second kappa shape index (κ2) is 8.86. The molecule has 0 atom stereocenters. The Morgan fingerprint density at radius 1 is 1.10 bits per heavy atom. The molecule has 1 aliphatic carbocycles. The molecule has 2 N–H and O–H groups in total. The highest BCUT2D eigenvalue weighted by molar-refractivity contribution is 6.30. The van der Waals surface area contributed by atoms with E-state index >= 15 is 0 Å². The quantitative estimate of drug-likeness (QED) is 0.705. The molecule has 2 aromatic rings. The minimum Gasteiger partial charge on any atom is -0.362 e. The van der Waals surface area contributed by atoms with Gasteiger partial charge in [-0.25, -0.2) is 9.78 Å². The fraction of sp³-hybridized carbons (Fsp3) is 0.476. The van der Waals surface area contributed by atoms with Crippen LogP contribution in [0, 0.1) is 6.92 Å². The monoisotopic (exact) mass is 416 g/mol. The van der Waals surface area contributed by atoms with Crippen molar-refractivity contribution in [3.8, 4) is 0 Å². The van der Waals surface area contributed by atoms with Crippen LogP contribution < -0.4 is 20.4 Å². The number of rotatable bonds is 5. The molecule has 0 aliphatic heterocycles. The van der Waals surface area contributed by atoms with Crippen LogP contribution in [0.1, 0.15) is 37.7 Å². The van der Waals surface area contributed by atoms with E-state index in [2.05, 4.69) is 20.6 Å². The topological polar surface area (TPSA) is 73.4 Å². The molecule has 8 heteroatoms. The van der Waals surface area contributed by atoms with Gasteiger partial charge in [0.1, 0.15) is 11.5 Å². The van der Waals surface area contributed by atoms with Gasteiger partial charge in [0.2, 0.25) is 5.95 Å². The third-order valence-electron chi connectivity index (χ3n) is 5.29. The van der Waals surface area contributed by atoms with Crippen molar-refractivity contribution in [3.05, 3.63) is 41.0 Å². The third-order valence-corrected chi connectivity index (χ3v) is 5.54. The summed E-state index contributed by atoms with van der Waals surface area (Å²) >= 11 is 5.96. The lowest BCUT2D eigenvalue weighted by Gasteiger charge is -2.40. The molecule has 0 unspecified atom stereocenters. The largest absolute Gasteiger partial charge is 0.362 e. The summed E-state index contributed by atoms with van der Waals surface area (Å²) < 4.78 is 0. The van der Waals surface area contributed by atoms with Crippen molar-refractivity contribution >= 4 is 35.1 Å². The van der Waals surface area contributed by atoms with E-state index < -0.39 is 5.66 Å². The highest BCUT2D eigenvalue weighted by Gasteiger charge is 2.35. The normalized spacial score (nSPS) is 15.5. The van der Waals surface area contributed by atoms with Crippen molar-refractivity contribution in [1.82, 2.24) is 15.3 Å². The lowest BCUT2D eigenvalue weighted by atomic mass is 9.89. The van der Waals surface area contributed by atoms with Gasteiger partial charge in [-0.3, -0.25) is 4.90 Å². The van der Waals surface area contributed by atoms with Crippen molar-refractivity contribution in [1.29, 1.82) is 0 Å². The van der Waals surface area contributed by atoms with Crippen LogP contribution in [-0.2, 0) is 0 Å². The fourth-order valence-corrected chi connectivity index (χ4v) is 3.79. The molecule has 3 rings (SSSR count). The number of urea groups is 1. The van der Waals surface area contributed by atoms with E-state index in [4.69, 9.17) is 11.6 Å². The lowest BCUT2D eigenvalue weighted by Crippen LogP contribution is -2.58. The maximum absolute atomic E-state index is 13.0. The van der Waals surface area contributed by atoms with Crippen LogP contribution in [0.5, 0.6) is 0 Å². The third kappa shape index (κ3) is 5.09. The predicted octanol–water partition coefficient (Wildman–Crippen LogP) is 4.42. The molecule has 1 saturated carbocycles. The van der Waals surface area contributed by atoms with Crippen LogP contribution >= 0.6 is 11.6 Å². The fourth-order valence-electron chi connectivity index (χ4n) is 3.67. The maximum atomic E-state index is 13.0. The standard InChI is InChI=1S/C21H29ClN6O/c1-15-14-23-19(24-18(15)27(2)3)25-21(12-6-5-7-13-21)26-20(29)28(4)17-10-8-16(22)9-11-17/h8-11,14H,5-7,12-13H2,1-4H3,(H,26,29)(H,23,24,25). The van der Waals surface area contributed by atoms with E-state index in [1.165, 1.54) is 0 Å². The molecule has 7 nitrogen and oxygen atoms in total. The molecule has 0 saturated heterocycles. The second-order valence-electron chi connectivity index (χ2n) is 7.83. The summed E-state index contributed by atoms with van der Waals surface area (Å²) in [5, 5.41) is 7.28. The van der Waals surface area contributed by atoms with Crippen LogP contribution in [0.3, 0.4) is 0 Å². The zero-order chi connectivity index (χ0) is 21.0. The van der Waals surface area contributed by atoms with Gasteiger partial charge in [-0.2, -0.15) is 4.98 Å². The number of nitrogens with one attached hydrogen (secondary N) is 2. The average Bonchev–Trinajstić information content (AvgIpc) is 2.70. The summed E-state index contributed by atoms with van der Waals surface area (Å²) in [6.45, 7) is 1.98. The number of anilines is 3. The Hall–Kier alpha value is -2.54. The molecule has 1 aromatic heterocycles. The number of hydrogen-bond donors (Lipinski definition) is 2. The van der Waals surface area contributed by atoms with E-state index in [1.807, 2.05) is 44.2 Å². The molecule has 1 aromatic carbocycles. The van der Waals surface area contributed by atoms with Crippen LogP contribution in [0.2, 0.25) is 5.02 Å². The van der Waals surface area contributed by atoms with Crippen LogP contribution in [0.15, 0.2) is 30.5 Å². The number of amides is 2. The van der Waals surface area contributed by atoms with Crippen molar-refractivity contribution in [2.75, 3.05) is 36.3 Å². The summed E-state index contributed by atoms with van der Waals surface area (Å²) in [6.07, 6.45) is 6.67. The molecular weight excluding hydrogens is 388 g/mol. The molecule has 29 heavy (non-hydrogen) atoms. The van der Waals surface area contributed by atoms with Crippen molar-refractivity contribution < 1.29 is 4.79 Å². The minimum absolute atomic E-state index is 0.179. The summed E-state index contributed by atoms with van der Waals surface area (Å²) in [7, 11) is 5.66. The van der Waals surface area contributed by atoms with Crippen LogP contribution in [0.4, 0.5) is 22.2 Å². The van der Waals surface area contributed by atoms with Crippen LogP contribution in [0.25, 0.3) is 0 Å². The molecule has 2 amide bonds. The minimum atomic E-state index is -0.575. The summed E-state index contributed by atoms with van der Waals surface area (Å²) in [5.74, 6) is 1.38. The summed E-state index contributed by atoms with van der Waals surface area (Å²) in [4.78, 5) is 25.7. The number of carbonyl (C=O) groups is 1. The molecule has 0 spiro atoms. The predicted molar refractivity (Wildman–Crippen MR) is 119 cm³/mol. The number of benzene rings is 1. The van der Waals surface area contributed by atoms with Crippen LogP contribution in [-0.4, -0.2) is 42.8 Å². The van der Waals surface area contributed by atoms with E-state index in [1.54, 1.807) is 24.1 Å². The SMILES string of the molecule is Cc1cnc(NC2(NC(=O)N(C)c3ccc(Cl)cc3)CCCCC2)nc1N(C)C. The Morgan fingerprint density at radius 3 is 2.38 bits per heavy atom. The Morgan fingerprint density at radius 2 is 1.76 bits per heavy atom. The first-order valence-corrected chi connectivity index (χ1v) is 10.3. The Kier molecular flexibility index (Phi) is 6.47. The number of halogens is 1. The average molecular weight is 417 g/mol. The van der Waals surface area contributed by atoms with E-state index in [0.29, 0.717) is 11.0 Å². The maximum Gasteiger partial charge on any atom is 0.323 e. The van der Waals surface area contributed by atoms with Gasteiger partial charge in [0.05, 0.1) is 0 Å². The molecular formula is C21H29ClN6O. The van der Waals surface area contributed by atoms with Gasteiger partial charge < -0.3 is 15.5 Å². The first-order chi connectivity index (χ1) is 13.8. The molecule has 1 fully saturated rings. The second-order valence-corrected chi connectivity index (χ2v) is 8.26. The van der Waals surface area contributed by atoms with Gasteiger partial charge >= 0.3 is 6.03 Å². The molecule has 1 heterocycles. The number of aromatic nitrogens is 2. The zero-order valence-electron chi connectivity index (χ0n) is 17.5. The van der Waals surface area contributed by atoms with E-state index in [-0.39, 0.29) is 6.03 Å². The number of nitrogens with zero attached hydrogens (tertiary/aromatic N) is 4. The molecule has 156 valence electrons. The van der Waals surface area contributed by atoms with E-state index in [0.717, 1.165) is 49.2 Å². The Labute approximate surface area is 177 Å². The number of carbonyl (C=O) groups excluding carboxylic acids is 1. The molecule has 0 radical (unpaired) electrons. The van der Waals surface area contributed by atoms with Crippen molar-refractivity contribution in [3.63, 3.8) is 0 Å². The molecule has 0 bridgehead atoms. The summed E-state index contributed by atoms with van der Waals surface area (Å²) in [5.41, 5.74) is 1.21. The zero-order valence-corrected chi connectivity index (χ0v) is 18.3.